The van der Waals surface area contributed by atoms with Crippen LogP contribution >= 0.6 is 15.9 Å². The summed E-state index contributed by atoms with van der Waals surface area (Å²) < 4.78 is 40.3. The van der Waals surface area contributed by atoms with E-state index in [-0.39, 0.29) is 6.61 Å². The fraction of sp³-hybridized carbons (Fsp3) is 1.00. The summed E-state index contributed by atoms with van der Waals surface area (Å²) >= 11 is 3.24. The predicted octanol–water partition coefficient (Wildman–Crippen LogP) is 3.52. The molecule has 0 saturated carbocycles. The Morgan fingerprint density at radius 3 is 2.31 bits per heavy atom. The van der Waals surface area contributed by atoms with E-state index in [4.69, 9.17) is 0 Å². The minimum absolute atomic E-state index is 0.188. The van der Waals surface area contributed by atoms with Gasteiger partial charge in [0.25, 0.3) is 0 Å². The summed E-state index contributed by atoms with van der Waals surface area (Å²) in [7, 11) is 0. The van der Waals surface area contributed by atoms with E-state index in [1.54, 1.807) is 0 Å². The third-order valence-electron chi connectivity index (χ3n) is 1.61. The Hall–Kier alpha value is 0.230. The summed E-state index contributed by atoms with van der Waals surface area (Å²) in [4.78, 5) is 0. The first-order chi connectivity index (χ1) is 5.98. The van der Waals surface area contributed by atoms with Crippen molar-refractivity contribution in [3.8, 4) is 0 Å². The monoisotopic (exact) mass is 262 g/mol. The maximum Gasteiger partial charge on any atom is 0.414 e. The van der Waals surface area contributed by atoms with Crippen LogP contribution in [0.5, 0.6) is 0 Å². The summed E-state index contributed by atoms with van der Waals surface area (Å²) in [6.45, 7) is 1.22. The first-order valence-corrected chi connectivity index (χ1v) is 5.35. The number of alkyl halides is 4. The third kappa shape index (κ3) is 7.31. The van der Waals surface area contributed by atoms with Crippen LogP contribution in [0.4, 0.5) is 13.2 Å². The maximum absolute atomic E-state index is 11.9. The number of unbranched alkanes of at least 4 members (excludes halogenated alkanes) is 2. The summed E-state index contributed by atoms with van der Waals surface area (Å²) in [5.74, 6) is 0. The maximum atomic E-state index is 11.9. The smallest absolute Gasteiger partial charge is 0.369 e. The van der Waals surface area contributed by atoms with Crippen molar-refractivity contribution in [2.24, 2.45) is 0 Å². The van der Waals surface area contributed by atoms with Crippen molar-refractivity contribution in [1.82, 2.24) is 0 Å². The highest BCUT2D eigenvalue weighted by Crippen LogP contribution is 2.22. The normalized spacial score (nSPS) is 14.5. The molecular weight excluding hydrogens is 249 g/mol. The molecule has 0 heterocycles. The van der Waals surface area contributed by atoms with E-state index in [0.29, 0.717) is 6.42 Å². The van der Waals surface area contributed by atoms with Crippen molar-refractivity contribution in [3.05, 3.63) is 0 Å². The van der Waals surface area contributed by atoms with Gasteiger partial charge in [-0.3, -0.25) is 0 Å². The van der Waals surface area contributed by atoms with Crippen LogP contribution in [-0.2, 0) is 4.74 Å². The molecule has 0 N–H and O–H groups in total. The van der Waals surface area contributed by atoms with Gasteiger partial charge in [0.15, 0.2) is 6.10 Å². The van der Waals surface area contributed by atoms with Crippen molar-refractivity contribution >= 4 is 15.9 Å². The topological polar surface area (TPSA) is 9.23 Å². The fourth-order valence-electron chi connectivity index (χ4n) is 0.728. The Morgan fingerprint density at radius 2 is 1.85 bits per heavy atom. The standard InChI is InChI=1S/C8H14BrF3O/c1-7(8(10,11)12)13-6-4-2-3-5-9/h7H,2-6H2,1H3. The largest absolute Gasteiger partial charge is 0.414 e. The number of halogens is 4. The van der Waals surface area contributed by atoms with Crippen molar-refractivity contribution in [1.29, 1.82) is 0 Å². The van der Waals surface area contributed by atoms with Gasteiger partial charge < -0.3 is 4.74 Å². The van der Waals surface area contributed by atoms with Gasteiger partial charge >= 0.3 is 6.18 Å². The van der Waals surface area contributed by atoms with E-state index < -0.39 is 12.3 Å². The van der Waals surface area contributed by atoms with Crippen LogP contribution in [0.25, 0.3) is 0 Å². The molecule has 0 amide bonds. The van der Waals surface area contributed by atoms with E-state index in [9.17, 15) is 13.2 Å². The van der Waals surface area contributed by atoms with E-state index in [1.165, 1.54) is 0 Å². The molecule has 0 saturated heterocycles. The van der Waals surface area contributed by atoms with E-state index >= 15 is 0 Å². The molecule has 13 heavy (non-hydrogen) atoms. The van der Waals surface area contributed by atoms with Crippen LogP contribution in [0, 0.1) is 0 Å². The van der Waals surface area contributed by atoms with Gasteiger partial charge in [0.2, 0.25) is 0 Å². The SMILES string of the molecule is CC(OCCCCCBr)C(F)(F)F. The zero-order valence-corrected chi connectivity index (χ0v) is 9.12. The van der Waals surface area contributed by atoms with Gasteiger partial charge in [0.05, 0.1) is 0 Å². The fourth-order valence-corrected chi connectivity index (χ4v) is 1.12. The van der Waals surface area contributed by atoms with Gasteiger partial charge in [-0.05, 0) is 19.8 Å². The number of hydrogen-bond acceptors (Lipinski definition) is 1. The Labute approximate surface area is 84.8 Å². The molecule has 0 aromatic heterocycles. The van der Waals surface area contributed by atoms with Crippen LogP contribution in [0.1, 0.15) is 26.2 Å². The average molecular weight is 263 g/mol. The number of hydrogen-bond donors (Lipinski definition) is 0. The highest BCUT2D eigenvalue weighted by Gasteiger charge is 2.36. The molecule has 1 unspecified atom stereocenters. The lowest BCUT2D eigenvalue weighted by molar-refractivity contribution is -0.214. The van der Waals surface area contributed by atoms with Crippen LogP contribution < -0.4 is 0 Å². The van der Waals surface area contributed by atoms with Gasteiger partial charge in [-0.15, -0.1) is 0 Å². The minimum atomic E-state index is -4.23. The Bertz CT molecular complexity index is 127. The second-order valence-electron chi connectivity index (χ2n) is 2.80. The molecular formula is C8H14BrF3O. The third-order valence-corrected chi connectivity index (χ3v) is 2.17. The second-order valence-corrected chi connectivity index (χ2v) is 3.60. The molecule has 1 atom stereocenters. The zero-order chi connectivity index (χ0) is 10.3. The Balaban J connectivity index is 3.32. The van der Waals surface area contributed by atoms with Crippen LogP contribution in [0.3, 0.4) is 0 Å². The number of rotatable bonds is 6. The highest BCUT2D eigenvalue weighted by atomic mass is 79.9. The molecule has 0 radical (unpaired) electrons. The first-order valence-electron chi connectivity index (χ1n) is 4.22. The van der Waals surface area contributed by atoms with Crippen LogP contribution in [-0.4, -0.2) is 24.2 Å². The second kappa shape index (κ2) is 6.65. The molecule has 80 valence electrons. The van der Waals surface area contributed by atoms with Crippen molar-refractivity contribution in [2.75, 3.05) is 11.9 Å². The lowest BCUT2D eigenvalue weighted by atomic mass is 10.3. The summed E-state index contributed by atoms with van der Waals surface area (Å²) in [5.41, 5.74) is 0. The Morgan fingerprint density at radius 1 is 1.23 bits per heavy atom. The van der Waals surface area contributed by atoms with E-state index in [1.807, 2.05) is 0 Å². The quantitative estimate of drug-likeness (QED) is 0.526. The summed E-state index contributed by atoms with van der Waals surface area (Å²) in [6, 6.07) is 0. The first kappa shape index (κ1) is 13.2. The van der Waals surface area contributed by atoms with Gasteiger partial charge in [-0.1, -0.05) is 22.4 Å². The Kier molecular flexibility index (Phi) is 6.77. The molecule has 0 spiro atoms. The number of ether oxygens (including phenoxy) is 1. The van der Waals surface area contributed by atoms with Gasteiger partial charge in [-0.25, -0.2) is 0 Å². The summed E-state index contributed by atoms with van der Waals surface area (Å²) in [5, 5.41) is 0.891. The van der Waals surface area contributed by atoms with E-state index in [2.05, 4.69) is 20.7 Å². The van der Waals surface area contributed by atoms with Crippen LogP contribution in [0.2, 0.25) is 0 Å². The van der Waals surface area contributed by atoms with Crippen molar-refractivity contribution < 1.29 is 17.9 Å². The predicted molar refractivity (Wildman–Crippen MR) is 49.1 cm³/mol. The van der Waals surface area contributed by atoms with Crippen molar-refractivity contribution in [2.45, 2.75) is 38.5 Å². The zero-order valence-electron chi connectivity index (χ0n) is 7.53. The van der Waals surface area contributed by atoms with Crippen LogP contribution in [0.15, 0.2) is 0 Å². The molecule has 0 aliphatic heterocycles. The summed E-state index contributed by atoms with van der Waals surface area (Å²) in [6.07, 6.45) is -3.31. The lowest BCUT2D eigenvalue weighted by Gasteiger charge is -2.15. The molecule has 5 heteroatoms. The van der Waals surface area contributed by atoms with Gasteiger partial charge in [0, 0.05) is 11.9 Å². The molecule has 0 rings (SSSR count). The minimum Gasteiger partial charge on any atom is -0.369 e. The average Bonchev–Trinajstić information content (AvgIpc) is 2.02. The molecule has 0 aromatic rings. The van der Waals surface area contributed by atoms with Crippen molar-refractivity contribution in [3.63, 3.8) is 0 Å². The molecule has 0 aliphatic rings. The van der Waals surface area contributed by atoms with E-state index in [0.717, 1.165) is 25.1 Å². The van der Waals surface area contributed by atoms with Gasteiger partial charge in [0.1, 0.15) is 0 Å². The van der Waals surface area contributed by atoms with Gasteiger partial charge in [-0.2, -0.15) is 13.2 Å². The molecule has 1 nitrogen and oxygen atoms in total. The lowest BCUT2D eigenvalue weighted by Crippen LogP contribution is -2.28. The molecule has 0 aromatic carbocycles. The molecule has 0 aliphatic carbocycles. The molecule has 0 fully saturated rings. The highest BCUT2D eigenvalue weighted by molar-refractivity contribution is 9.09. The molecule has 0 bridgehead atoms.